The molecule has 2 aliphatic carbocycles. The number of halogens is 3. The van der Waals surface area contributed by atoms with Crippen LogP contribution < -0.4 is 0 Å². The average Bonchev–Trinajstić information content (AvgIpc) is 3.19. The van der Waals surface area contributed by atoms with E-state index in [1.165, 1.54) is 27.6 Å². The molecule has 1 fully saturated rings. The second-order valence-electron chi connectivity index (χ2n) is 8.63. The molecule has 4 aromatic rings. The Labute approximate surface area is 180 Å². The summed E-state index contributed by atoms with van der Waals surface area (Å²) in [6.45, 7) is 2.36. The van der Waals surface area contributed by atoms with E-state index in [9.17, 15) is 13.2 Å². The normalized spacial score (nSPS) is 19.4. The molecule has 10 heteroatoms. The van der Waals surface area contributed by atoms with E-state index in [-0.39, 0.29) is 12.5 Å². The van der Waals surface area contributed by atoms with Crippen LogP contribution in [0.4, 0.5) is 13.2 Å². The predicted molar refractivity (Wildman–Crippen MR) is 110 cm³/mol. The SMILES string of the molecule is CC[C@@H]1CCc2c(sc3ncn4nc(Cn5nc(C(F)(F)F)cc5C5CC5)nc4c23)C1. The number of aryl methyl sites for hydroxylation is 1. The maximum Gasteiger partial charge on any atom is 0.435 e. The molecule has 4 heterocycles. The molecular weight excluding hydrogens is 425 g/mol. The smallest absolute Gasteiger partial charge is 0.261 e. The van der Waals surface area contributed by atoms with Gasteiger partial charge in [0.25, 0.3) is 0 Å². The molecular formula is C21H21F3N6S. The van der Waals surface area contributed by atoms with Crippen LogP contribution in [0.3, 0.4) is 0 Å². The molecule has 31 heavy (non-hydrogen) atoms. The summed E-state index contributed by atoms with van der Waals surface area (Å²) in [5.74, 6) is 1.31. The van der Waals surface area contributed by atoms with Gasteiger partial charge in [0, 0.05) is 16.5 Å². The Hall–Kier alpha value is -2.49. The summed E-state index contributed by atoms with van der Waals surface area (Å²) in [5.41, 5.74) is 1.83. The van der Waals surface area contributed by atoms with Gasteiger partial charge < -0.3 is 0 Å². The van der Waals surface area contributed by atoms with Gasteiger partial charge >= 0.3 is 6.18 Å². The van der Waals surface area contributed by atoms with E-state index < -0.39 is 11.9 Å². The van der Waals surface area contributed by atoms with Crippen LogP contribution in [-0.4, -0.2) is 29.4 Å². The Bertz CT molecular complexity index is 1300. The summed E-state index contributed by atoms with van der Waals surface area (Å²) in [6.07, 6.45) is 3.42. The Balaban J connectivity index is 1.41. The lowest BCUT2D eigenvalue weighted by atomic mass is 9.86. The van der Waals surface area contributed by atoms with Gasteiger partial charge in [-0.15, -0.1) is 16.4 Å². The van der Waals surface area contributed by atoms with Crippen molar-refractivity contribution in [3.63, 3.8) is 0 Å². The number of fused-ring (bicyclic) bond motifs is 5. The highest BCUT2D eigenvalue weighted by atomic mass is 32.1. The van der Waals surface area contributed by atoms with Crippen molar-refractivity contribution in [3.05, 3.63) is 40.0 Å². The van der Waals surface area contributed by atoms with Crippen LogP contribution in [0.15, 0.2) is 12.4 Å². The van der Waals surface area contributed by atoms with Crippen molar-refractivity contribution in [2.24, 2.45) is 5.92 Å². The highest BCUT2D eigenvalue weighted by Crippen LogP contribution is 2.42. The van der Waals surface area contributed by atoms with E-state index in [1.54, 1.807) is 22.2 Å². The third kappa shape index (κ3) is 3.22. The Morgan fingerprint density at radius 2 is 2.03 bits per heavy atom. The first-order chi connectivity index (χ1) is 14.9. The first kappa shape index (κ1) is 19.2. The standard InChI is InChI=1S/C21H21F3N6S/c1-2-11-3-6-13-15(7-11)31-20-18(13)19-26-17(28-30(19)10-25-20)9-29-14(12-4-5-12)8-16(27-29)21(22,23)24/h8,10-12H,2-7,9H2,1H3/t11-/m1/s1. The van der Waals surface area contributed by atoms with Gasteiger partial charge in [0.2, 0.25) is 0 Å². The zero-order chi connectivity index (χ0) is 21.3. The molecule has 0 spiro atoms. The molecule has 6 rings (SSSR count). The van der Waals surface area contributed by atoms with E-state index in [2.05, 4.69) is 22.1 Å². The van der Waals surface area contributed by atoms with Crippen molar-refractivity contribution in [1.82, 2.24) is 29.4 Å². The summed E-state index contributed by atoms with van der Waals surface area (Å²) in [6, 6.07) is 1.17. The first-order valence-corrected chi connectivity index (χ1v) is 11.5. The number of rotatable bonds is 4. The fourth-order valence-electron chi connectivity index (χ4n) is 4.64. The summed E-state index contributed by atoms with van der Waals surface area (Å²) in [5, 5.41) is 9.40. The Morgan fingerprint density at radius 3 is 2.77 bits per heavy atom. The van der Waals surface area contributed by atoms with Crippen LogP contribution >= 0.6 is 11.3 Å². The van der Waals surface area contributed by atoms with Crippen LogP contribution in [0.25, 0.3) is 15.9 Å². The number of nitrogens with zero attached hydrogens (tertiary/aromatic N) is 6. The average molecular weight is 447 g/mol. The highest BCUT2D eigenvalue weighted by molar-refractivity contribution is 7.19. The lowest BCUT2D eigenvalue weighted by Crippen LogP contribution is -2.11. The number of hydrogen-bond donors (Lipinski definition) is 0. The minimum atomic E-state index is -4.45. The molecule has 162 valence electrons. The van der Waals surface area contributed by atoms with E-state index in [0.717, 1.165) is 48.0 Å². The molecule has 0 amide bonds. The van der Waals surface area contributed by atoms with Crippen LogP contribution in [0, 0.1) is 5.92 Å². The molecule has 0 bridgehead atoms. The largest absolute Gasteiger partial charge is 0.435 e. The van der Waals surface area contributed by atoms with E-state index >= 15 is 0 Å². The summed E-state index contributed by atoms with van der Waals surface area (Å²) >= 11 is 1.73. The van der Waals surface area contributed by atoms with E-state index in [0.29, 0.717) is 17.4 Å². The summed E-state index contributed by atoms with van der Waals surface area (Å²) < 4.78 is 42.7. The summed E-state index contributed by atoms with van der Waals surface area (Å²) in [7, 11) is 0. The maximum atomic E-state index is 13.2. The molecule has 0 radical (unpaired) electrons. The topological polar surface area (TPSA) is 60.9 Å². The minimum absolute atomic E-state index is 0.120. The lowest BCUT2D eigenvalue weighted by molar-refractivity contribution is -0.141. The number of alkyl halides is 3. The first-order valence-electron chi connectivity index (χ1n) is 10.7. The Morgan fingerprint density at radius 1 is 1.19 bits per heavy atom. The van der Waals surface area contributed by atoms with Crippen LogP contribution in [0.2, 0.25) is 0 Å². The molecule has 2 aliphatic rings. The molecule has 0 N–H and O–H groups in total. The molecule has 6 nitrogen and oxygen atoms in total. The molecule has 1 saturated carbocycles. The fourth-order valence-corrected chi connectivity index (χ4v) is 5.94. The van der Waals surface area contributed by atoms with Crippen molar-refractivity contribution in [1.29, 1.82) is 0 Å². The third-order valence-electron chi connectivity index (χ3n) is 6.50. The molecule has 0 aromatic carbocycles. The van der Waals surface area contributed by atoms with Crippen LogP contribution in [-0.2, 0) is 25.6 Å². The monoisotopic (exact) mass is 446 g/mol. The van der Waals surface area contributed by atoms with Crippen molar-refractivity contribution in [2.45, 2.75) is 64.1 Å². The second-order valence-corrected chi connectivity index (χ2v) is 9.71. The van der Waals surface area contributed by atoms with Crippen molar-refractivity contribution < 1.29 is 13.2 Å². The van der Waals surface area contributed by atoms with Crippen molar-refractivity contribution in [3.8, 4) is 0 Å². The molecule has 1 atom stereocenters. The van der Waals surface area contributed by atoms with Gasteiger partial charge in [-0.05, 0) is 49.7 Å². The van der Waals surface area contributed by atoms with Gasteiger partial charge in [-0.3, -0.25) is 4.68 Å². The lowest BCUT2D eigenvalue weighted by Gasteiger charge is -2.20. The fraction of sp³-hybridized carbons (Fsp3) is 0.524. The summed E-state index contributed by atoms with van der Waals surface area (Å²) in [4.78, 5) is 11.7. The second kappa shape index (κ2) is 6.75. The van der Waals surface area contributed by atoms with Gasteiger partial charge in [-0.1, -0.05) is 13.3 Å². The molecule has 0 saturated heterocycles. The van der Waals surface area contributed by atoms with E-state index in [1.807, 2.05) is 0 Å². The van der Waals surface area contributed by atoms with Gasteiger partial charge in [0.05, 0.1) is 5.39 Å². The molecule has 4 aromatic heterocycles. The quantitative estimate of drug-likeness (QED) is 0.443. The van der Waals surface area contributed by atoms with Gasteiger partial charge in [0.15, 0.2) is 17.2 Å². The third-order valence-corrected chi connectivity index (χ3v) is 7.66. The number of thiophene rings is 1. The predicted octanol–water partition coefficient (Wildman–Crippen LogP) is 4.99. The van der Waals surface area contributed by atoms with E-state index in [4.69, 9.17) is 4.98 Å². The minimum Gasteiger partial charge on any atom is -0.261 e. The van der Waals surface area contributed by atoms with Gasteiger partial charge in [0.1, 0.15) is 17.7 Å². The zero-order valence-corrected chi connectivity index (χ0v) is 17.8. The van der Waals surface area contributed by atoms with Crippen molar-refractivity contribution in [2.75, 3.05) is 0 Å². The van der Waals surface area contributed by atoms with Gasteiger partial charge in [-0.2, -0.15) is 18.3 Å². The Kier molecular flexibility index (Phi) is 4.19. The zero-order valence-electron chi connectivity index (χ0n) is 17.0. The maximum absolute atomic E-state index is 13.2. The highest BCUT2D eigenvalue weighted by Gasteiger charge is 2.38. The number of aromatic nitrogens is 6. The van der Waals surface area contributed by atoms with Crippen molar-refractivity contribution >= 4 is 27.2 Å². The molecule has 0 aliphatic heterocycles. The molecule has 0 unspecified atom stereocenters. The number of hydrogen-bond acceptors (Lipinski definition) is 5. The van der Waals surface area contributed by atoms with Gasteiger partial charge in [-0.25, -0.2) is 14.5 Å². The van der Waals surface area contributed by atoms with Crippen LogP contribution in [0.5, 0.6) is 0 Å². The van der Waals surface area contributed by atoms with Crippen LogP contribution in [0.1, 0.15) is 66.2 Å².